The quantitative estimate of drug-likeness (QED) is 0.693. The summed E-state index contributed by atoms with van der Waals surface area (Å²) in [4.78, 5) is 2.42. The van der Waals surface area contributed by atoms with Gasteiger partial charge in [0.05, 0.1) is 6.07 Å². The van der Waals surface area contributed by atoms with Crippen LogP contribution >= 0.6 is 0 Å². The molecule has 0 aliphatic carbocycles. The van der Waals surface area contributed by atoms with E-state index in [2.05, 4.69) is 45.4 Å². The maximum Gasteiger partial charge on any atom is 0.312 e. The monoisotopic (exact) mass is 387 g/mol. The Hall–Kier alpha value is -3.17. The van der Waals surface area contributed by atoms with Gasteiger partial charge < -0.3 is 15.1 Å². The molecule has 1 fully saturated rings. The number of nitrogen functional groups attached to an aromatic ring is 1. The average molecular weight is 387 g/mol. The molecule has 1 saturated heterocycles. The second-order valence-corrected chi connectivity index (χ2v) is 7.59. The molecule has 29 heavy (non-hydrogen) atoms. The van der Waals surface area contributed by atoms with Gasteiger partial charge in [-0.05, 0) is 43.5 Å². The van der Waals surface area contributed by atoms with E-state index in [1.807, 2.05) is 36.4 Å². The van der Waals surface area contributed by atoms with Crippen LogP contribution in [0.3, 0.4) is 0 Å². The first kappa shape index (κ1) is 19.2. The molecule has 0 amide bonds. The Labute approximate surface area is 171 Å². The number of benzene rings is 2. The van der Waals surface area contributed by atoms with Gasteiger partial charge in [0, 0.05) is 12.5 Å². The van der Waals surface area contributed by atoms with E-state index in [4.69, 9.17) is 10.2 Å². The van der Waals surface area contributed by atoms with Gasteiger partial charge in [-0.25, -0.2) is 0 Å². The van der Waals surface area contributed by atoms with Gasteiger partial charge in [0.2, 0.25) is 5.89 Å². The lowest BCUT2D eigenvalue weighted by Crippen LogP contribution is -2.38. The van der Waals surface area contributed by atoms with Crippen LogP contribution < -0.4 is 5.73 Å². The zero-order valence-electron chi connectivity index (χ0n) is 16.4. The normalized spacial score (nSPS) is 15.8. The number of hydrogen-bond donors (Lipinski definition) is 1. The second kappa shape index (κ2) is 8.46. The molecule has 2 heterocycles. The van der Waals surface area contributed by atoms with Crippen molar-refractivity contribution in [3.63, 3.8) is 0 Å². The number of rotatable bonds is 6. The molecule has 0 atom stereocenters. The molecule has 4 rings (SSSR count). The summed E-state index contributed by atoms with van der Waals surface area (Å²) >= 11 is 0. The van der Waals surface area contributed by atoms with Crippen LogP contribution in [-0.2, 0) is 5.41 Å². The lowest BCUT2D eigenvalue weighted by atomic mass is 9.73. The molecule has 1 aliphatic rings. The Morgan fingerprint density at radius 3 is 2.07 bits per heavy atom. The van der Waals surface area contributed by atoms with E-state index in [1.54, 1.807) is 0 Å². The molecule has 0 radical (unpaired) electrons. The van der Waals surface area contributed by atoms with Crippen LogP contribution in [0.2, 0.25) is 0 Å². The molecule has 1 aliphatic heterocycles. The van der Waals surface area contributed by atoms with Crippen molar-refractivity contribution >= 4 is 6.01 Å². The van der Waals surface area contributed by atoms with Gasteiger partial charge in [-0.3, -0.25) is 0 Å². The van der Waals surface area contributed by atoms with Crippen LogP contribution in [-0.4, -0.2) is 34.7 Å². The van der Waals surface area contributed by atoms with Gasteiger partial charge in [0.25, 0.3) is 0 Å². The van der Waals surface area contributed by atoms with Crippen molar-refractivity contribution in [3.8, 4) is 6.07 Å². The van der Waals surface area contributed by atoms with Gasteiger partial charge in [0.15, 0.2) is 0 Å². The molecule has 2 N–H and O–H groups in total. The predicted molar refractivity (Wildman–Crippen MR) is 111 cm³/mol. The third kappa shape index (κ3) is 4.01. The van der Waals surface area contributed by atoms with Crippen molar-refractivity contribution in [2.75, 3.05) is 25.4 Å². The third-order valence-electron chi connectivity index (χ3n) is 5.92. The molecule has 0 saturated carbocycles. The number of anilines is 1. The van der Waals surface area contributed by atoms with Crippen LogP contribution in [0.5, 0.6) is 0 Å². The van der Waals surface area contributed by atoms with E-state index in [9.17, 15) is 5.26 Å². The number of hydrogen-bond acceptors (Lipinski definition) is 6. The predicted octanol–water partition coefficient (Wildman–Crippen LogP) is 3.73. The molecule has 6 heteroatoms. The summed E-state index contributed by atoms with van der Waals surface area (Å²) in [6.07, 6.45) is 2.66. The Morgan fingerprint density at radius 1 is 1.00 bits per heavy atom. The largest absolute Gasteiger partial charge is 0.408 e. The van der Waals surface area contributed by atoms with Gasteiger partial charge in [-0.2, -0.15) is 5.26 Å². The van der Waals surface area contributed by atoms with E-state index in [-0.39, 0.29) is 11.9 Å². The molecule has 0 bridgehead atoms. The zero-order chi connectivity index (χ0) is 20.1. The zero-order valence-corrected chi connectivity index (χ0v) is 16.4. The molecular weight excluding hydrogens is 362 g/mol. The van der Waals surface area contributed by atoms with E-state index < -0.39 is 5.41 Å². The van der Waals surface area contributed by atoms with E-state index in [0.29, 0.717) is 5.89 Å². The summed E-state index contributed by atoms with van der Waals surface area (Å²) in [7, 11) is 0. The first-order valence-corrected chi connectivity index (χ1v) is 10.0. The highest BCUT2D eigenvalue weighted by molar-refractivity contribution is 5.45. The standard InChI is InChI=1S/C23H25N5O/c24-17-23(19-7-3-1-4-8-19,20-9-5-2-6-10-20)13-16-28-14-11-18(12-15-28)21-26-27-22(25)29-21/h1-10,18H,11-16H2,(H2,25,27). The first-order valence-electron chi connectivity index (χ1n) is 10.0. The maximum absolute atomic E-state index is 10.3. The smallest absolute Gasteiger partial charge is 0.312 e. The second-order valence-electron chi connectivity index (χ2n) is 7.59. The van der Waals surface area contributed by atoms with Crippen molar-refractivity contribution in [3.05, 3.63) is 77.7 Å². The lowest BCUT2D eigenvalue weighted by Gasteiger charge is -2.34. The minimum Gasteiger partial charge on any atom is -0.408 e. The fourth-order valence-electron chi connectivity index (χ4n) is 4.23. The summed E-state index contributed by atoms with van der Waals surface area (Å²) in [6, 6.07) is 23.0. The van der Waals surface area contributed by atoms with E-state index in [1.165, 1.54) is 0 Å². The van der Waals surface area contributed by atoms with Crippen LogP contribution in [0.1, 0.15) is 42.2 Å². The highest BCUT2D eigenvalue weighted by atomic mass is 16.4. The first-order chi connectivity index (χ1) is 14.2. The number of piperidine rings is 1. The molecule has 1 aromatic heterocycles. The topological polar surface area (TPSA) is 92.0 Å². The van der Waals surface area contributed by atoms with Crippen LogP contribution in [0.15, 0.2) is 65.1 Å². The van der Waals surface area contributed by atoms with Gasteiger partial charge in [0.1, 0.15) is 5.41 Å². The molecule has 6 nitrogen and oxygen atoms in total. The molecule has 148 valence electrons. The van der Waals surface area contributed by atoms with Gasteiger partial charge >= 0.3 is 6.01 Å². The van der Waals surface area contributed by atoms with Crippen molar-refractivity contribution < 1.29 is 4.42 Å². The number of likely N-dealkylation sites (tertiary alicyclic amines) is 1. The van der Waals surface area contributed by atoms with Crippen molar-refractivity contribution in [2.45, 2.75) is 30.6 Å². The van der Waals surface area contributed by atoms with Crippen LogP contribution in [0, 0.1) is 11.3 Å². The Bertz CT molecular complexity index is 916. The van der Waals surface area contributed by atoms with Gasteiger partial charge in [-0.1, -0.05) is 65.8 Å². The van der Waals surface area contributed by atoms with Crippen LogP contribution in [0.25, 0.3) is 0 Å². The summed E-state index contributed by atoms with van der Waals surface area (Å²) in [6.45, 7) is 2.74. The third-order valence-corrected chi connectivity index (χ3v) is 5.92. The van der Waals surface area contributed by atoms with Crippen molar-refractivity contribution in [1.82, 2.24) is 15.1 Å². The summed E-state index contributed by atoms with van der Waals surface area (Å²) in [5.41, 5.74) is 6.99. The van der Waals surface area contributed by atoms with Crippen LogP contribution in [0.4, 0.5) is 6.01 Å². The summed E-state index contributed by atoms with van der Waals surface area (Å²) < 4.78 is 5.40. The molecule has 0 spiro atoms. The molecular formula is C23H25N5O. The summed E-state index contributed by atoms with van der Waals surface area (Å²) in [5, 5.41) is 18.1. The SMILES string of the molecule is N#CC(CCN1CCC(c2nnc(N)o2)CC1)(c1ccccc1)c1ccccc1. The average Bonchev–Trinajstić information content (AvgIpc) is 3.23. The minimum absolute atomic E-state index is 0.131. The Morgan fingerprint density at radius 2 is 1.59 bits per heavy atom. The van der Waals surface area contributed by atoms with Gasteiger partial charge in [-0.15, -0.1) is 5.10 Å². The fourth-order valence-corrected chi connectivity index (χ4v) is 4.23. The number of aromatic nitrogens is 2. The van der Waals surface area contributed by atoms with E-state index in [0.717, 1.165) is 50.0 Å². The lowest BCUT2D eigenvalue weighted by molar-refractivity contribution is 0.192. The highest BCUT2D eigenvalue weighted by Gasteiger charge is 2.35. The number of nitrogens with two attached hydrogens (primary N) is 1. The molecule has 0 unspecified atom stereocenters. The minimum atomic E-state index is -0.652. The Kier molecular flexibility index (Phi) is 5.59. The summed E-state index contributed by atoms with van der Waals surface area (Å²) in [5.74, 6) is 0.905. The van der Waals surface area contributed by atoms with Crippen molar-refractivity contribution in [2.24, 2.45) is 0 Å². The Balaban J connectivity index is 1.48. The maximum atomic E-state index is 10.3. The number of nitrogens with zero attached hydrogens (tertiary/aromatic N) is 4. The van der Waals surface area contributed by atoms with E-state index >= 15 is 0 Å². The molecule has 2 aromatic carbocycles. The fraction of sp³-hybridized carbons (Fsp3) is 0.348. The van der Waals surface area contributed by atoms with Crippen molar-refractivity contribution in [1.29, 1.82) is 5.26 Å². The number of nitriles is 1. The highest BCUT2D eigenvalue weighted by Crippen LogP contribution is 2.36. The molecule has 3 aromatic rings.